The van der Waals surface area contributed by atoms with Crippen LogP contribution in [0.25, 0.3) is 5.69 Å². The van der Waals surface area contributed by atoms with Crippen LogP contribution in [0.4, 0.5) is 15.9 Å². The third-order valence-electron chi connectivity index (χ3n) is 3.15. The predicted molar refractivity (Wildman–Crippen MR) is 82.3 cm³/mol. The van der Waals surface area contributed by atoms with Crippen LogP contribution in [0.1, 0.15) is 10.4 Å². The summed E-state index contributed by atoms with van der Waals surface area (Å²) in [5.74, 6) is -0.522. The Bertz CT molecular complexity index is 797. The van der Waals surface area contributed by atoms with Crippen molar-refractivity contribution in [1.82, 2.24) is 9.78 Å². The molecule has 0 aliphatic carbocycles. The molecule has 0 aliphatic heterocycles. The Balaban J connectivity index is 1.85. The molecule has 0 unspecified atom stereocenters. The number of nitrogens with two attached hydrogens (primary N) is 1. The predicted octanol–water partition coefficient (Wildman–Crippen LogP) is 2.85. The Labute approximate surface area is 126 Å². The largest absolute Gasteiger partial charge is 0.383 e. The van der Waals surface area contributed by atoms with Crippen molar-refractivity contribution >= 4 is 17.4 Å². The molecule has 0 bridgehead atoms. The monoisotopic (exact) mass is 296 g/mol. The molecule has 6 heteroatoms. The number of amides is 1. The first-order valence-electron chi connectivity index (χ1n) is 6.61. The lowest BCUT2D eigenvalue weighted by atomic mass is 10.2. The van der Waals surface area contributed by atoms with Crippen molar-refractivity contribution in [1.29, 1.82) is 0 Å². The van der Waals surface area contributed by atoms with Crippen LogP contribution in [0.3, 0.4) is 0 Å². The molecule has 0 atom stereocenters. The van der Waals surface area contributed by atoms with Crippen molar-refractivity contribution in [2.24, 2.45) is 0 Å². The summed E-state index contributed by atoms with van der Waals surface area (Å²) in [6, 6.07) is 14.8. The molecule has 1 heterocycles. The van der Waals surface area contributed by atoms with Gasteiger partial charge in [-0.15, -0.1) is 0 Å². The number of aromatic nitrogens is 2. The van der Waals surface area contributed by atoms with Gasteiger partial charge in [0.1, 0.15) is 17.2 Å². The molecule has 0 saturated heterocycles. The van der Waals surface area contributed by atoms with Gasteiger partial charge in [-0.25, -0.2) is 9.07 Å². The average molecular weight is 296 g/mol. The van der Waals surface area contributed by atoms with Gasteiger partial charge in [0.2, 0.25) is 0 Å². The van der Waals surface area contributed by atoms with Crippen LogP contribution in [0.15, 0.2) is 60.8 Å². The van der Waals surface area contributed by atoms with E-state index in [9.17, 15) is 9.18 Å². The third-order valence-corrected chi connectivity index (χ3v) is 3.15. The van der Waals surface area contributed by atoms with Gasteiger partial charge in [-0.1, -0.05) is 18.2 Å². The molecule has 3 aromatic rings. The third kappa shape index (κ3) is 2.67. The zero-order valence-corrected chi connectivity index (χ0v) is 11.5. The highest BCUT2D eigenvalue weighted by Gasteiger charge is 2.16. The standard InChI is InChI=1S/C16H13FN4O/c17-11-6-8-12(9-7-11)20-16(22)14-10-19-21(15(14)18)13-4-2-1-3-5-13/h1-10H,18H2,(H,20,22). The molecule has 3 N–H and O–H groups in total. The molecular formula is C16H13FN4O. The fourth-order valence-electron chi connectivity index (χ4n) is 2.04. The maximum Gasteiger partial charge on any atom is 0.261 e. The molecule has 0 spiro atoms. The minimum absolute atomic E-state index is 0.241. The average Bonchev–Trinajstić information content (AvgIpc) is 2.92. The SMILES string of the molecule is Nc1c(C(=O)Nc2ccc(F)cc2)cnn1-c1ccccc1. The molecular weight excluding hydrogens is 283 g/mol. The van der Waals surface area contributed by atoms with E-state index in [0.29, 0.717) is 5.69 Å². The second-order valence-corrected chi connectivity index (χ2v) is 4.65. The van der Waals surface area contributed by atoms with Crippen molar-refractivity contribution < 1.29 is 9.18 Å². The first kappa shape index (κ1) is 13.8. The van der Waals surface area contributed by atoms with E-state index in [-0.39, 0.29) is 17.2 Å². The summed E-state index contributed by atoms with van der Waals surface area (Å²) in [7, 11) is 0. The number of nitrogens with zero attached hydrogens (tertiary/aromatic N) is 2. The number of halogens is 1. The zero-order chi connectivity index (χ0) is 15.5. The number of anilines is 2. The highest BCUT2D eigenvalue weighted by atomic mass is 19.1. The van der Waals surface area contributed by atoms with Crippen LogP contribution in [-0.2, 0) is 0 Å². The van der Waals surface area contributed by atoms with Crippen LogP contribution in [0.5, 0.6) is 0 Å². The number of hydrogen-bond acceptors (Lipinski definition) is 3. The van der Waals surface area contributed by atoms with Crippen molar-refractivity contribution in [3.8, 4) is 5.69 Å². The van der Waals surface area contributed by atoms with Crippen molar-refractivity contribution in [2.75, 3.05) is 11.1 Å². The van der Waals surface area contributed by atoms with E-state index in [2.05, 4.69) is 10.4 Å². The summed E-state index contributed by atoms with van der Waals surface area (Å²) < 4.78 is 14.3. The molecule has 0 aliphatic rings. The molecule has 0 fully saturated rings. The summed E-state index contributed by atoms with van der Waals surface area (Å²) >= 11 is 0. The fraction of sp³-hybridized carbons (Fsp3) is 0. The Morgan fingerprint density at radius 2 is 1.77 bits per heavy atom. The van der Waals surface area contributed by atoms with E-state index in [1.54, 1.807) is 0 Å². The summed E-state index contributed by atoms with van der Waals surface area (Å²) in [6.07, 6.45) is 1.40. The molecule has 22 heavy (non-hydrogen) atoms. The van der Waals surface area contributed by atoms with E-state index in [1.165, 1.54) is 35.1 Å². The van der Waals surface area contributed by atoms with Crippen LogP contribution in [0.2, 0.25) is 0 Å². The Morgan fingerprint density at radius 3 is 2.45 bits per heavy atom. The minimum atomic E-state index is -0.397. The van der Waals surface area contributed by atoms with Crippen LogP contribution < -0.4 is 11.1 Å². The van der Waals surface area contributed by atoms with Gasteiger partial charge >= 0.3 is 0 Å². The van der Waals surface area contributed by atoms with Crippen molar-refractivity contribution in [3.63, 3.8) is 0 Å². The van der Waals surface area contributed by atoms with Gasteiger partial charge in [-0.3, -0.25) is 4.79 Å². The summed E-state index contributed by atoms with van der Waals surface area (Å²) in [5, 5.41) is 6.79. The molecule has 2 aromatic carbocycles. The highest BCUT2D eigenvalue weighted by molar-refractivity contribution is 6.07. The van der Waals surface area contributed by atoms with Crippen molar-refractivity contribution in [3.05, 3.63) is 72.2 Å². The number of benzene rings is 2. The quantitative estimate of drug-likeness (QED) is 0.780. The fourth-order valence-corrected chi connectivity index (χ4v) is 2.04. The second-order valence-electron chi connectivity index (χ2n) is 4.65. The topological polar surface area (TPSA) is 72.9 Å². The molecule has 0 radical (unpaired) electrons. The highest BCUT2D eigenvalue weighted by Crippen LogP contribution is 2.18. The second kappa shape index (κ2) is 5.69. The first-order chi connectivity index (χ1) is 10.6. The van der Waals surface area contributed by atoms with Gasteiger partial charge in [-0.05, 0) is 36.4 Å². The van der Waals surface area contributed by atoms with Crippen molar-refractivity contribution in [2.45, 2.75) is 0 Å². The smallest absolute Gasteiger partial charge is 0.261 e. The van der Waals surface area contributed by atoms with E-state index in [1.807, 2.05) is 30.3 Å². The van der Waals surface area contributed by atoms with Crippen LogP contribution in [-0.4, -0.2) is 15.7 Å². The summed E-state index contributed by atoms with van der Waals surface area (Å²) in [5.41, 5.74) is 7.50. The maximum absolute atomic E-state index is 12.9. The number of para-hydroxylation sites is 1. The van der Waals surface area contributed by atoms with E-state index >= 15 is 0 Å². The number of hydrogen-bond donors (Lipinski definition) is 2. The zero-order valence-electron chi connectivity index (χ0n) is 11.5. The molecule has 1 amide bonds. The van der Waals surface area contributed by atoms with E-state index < -0.39 is 5.91 Å². The lowest BCUT2D eigenvalue weighted by molar-refractivity contribution is 0.102. The number of nitrogens with one attached hydrogen (secondary N) is 1. The number of carbonyl (C=O) groups excluding carboxylic acids is 1. The van der Waals surface area contributed by atoms with Crippen LogP contribution >= 0.6 is 0 Å². The Hall–Kier alpha value is -3.15. The van der Waals surface area contributed by atoms with E-state index in [0.717, 1.165) is 5.69 Å². The van der Waals surface area contributed by atoms with Gasteiger partial charge in [0.05, 0.1) is 11.9 Å². The van der Waals surface area contributed by atoms with Gasteiger partial charge < -0.3 is 11.1 Å². The van der Waals surface area contributed by atoms with Gasteiger partial charge in [0.25, 0.3) is 5.91 Å². The lowest BCUT2D eigenvalue weighted by Crippen LogP contribution is -2.14. The number of nitrogen functional groups attached to an aromatic ring is 1. The normalized spacial score (nSPS) is 10.4. The van der Waals surface area contributed by atoms with Gasteiger partial charge in [0.15, 0.2) is 0 Å². The summed E-state index contributed by atoms with van der Waals surface area (Å²) in [6.45, 7) is 0. The molecule has 5 nitrogen and oxygen atoms in total. The maximum atomic E-state index is 12.9. The Morgan fingerprint density at radius 1 is 1.09 bits per heavy atom. The molecule has 0 saturated carbocycles. The van der Waals surface area contributed by atoms with Gasteiger partial charge in [0, 0.05) is 5.69 Å². The molecule has 3 rings (SSSR count). The Kier molecular flexibility index (Phi) is 3.57. The lowest BCUT2D eigenvalue weighted by Gasteiger charge is -2.06. The summed E-state index contributed by atoms with van der Waals surface area (Å²) in [4.78, 5) is 12.2. The van der Waals surface area contributed by atoms with E-state index in [4.69, 9.17) is 5.73 Å². The molecule has 110 valence electrons. The minimum Gasteiger partial charge on any atom is -0.383 e. The number of rotatable bonds is 3. The van der Waals surface area contributed by atoms with Gasteiger partial charge in [-0.2, -0.15) is 5.10 Å². The van der Waals surface area contributed by atoms with Crippen LogP contribution in [0, 0.1) is 5.82 Å². The number of carbonyl (C=O) groups is 1. The molecule has 1 aromatic heterocycles. The first-order valence-corrected chi connectivity index (χ1v) is 6.61.